The Morgan fingerprint density at radius 2 is 1.30 bits per heavy atom. The van der Waals surface area contributed by atoms with Gasteiger partial charge in [0, 0.05) is 0 Å². The number of carboxylic acid groups (broad SMARTS) is 2. The number of benzene rings is 1. The molecule has 0 radical (unpaired) electrons. The molecule has 2 unspecified atom stereocenters. The summed E-state index contributed by atoms with van der Waals surface area (Å²) in [5.74, 6) is -4.20. The summed E-state index contributed by atoms with van der Waals surface area (Å²) in [5, 5.41) is 19.2. The van der Waals surface area contributed by atoms with Gasteiger partial charge in [-0.05, 0) is 12.1 Å². The number of amides is 2. The number of carbonyl (C=O) groups is 4. The van der Waals surface area contributed by atoms with Crippen molar-refractivity contribution in [2.45, 2.75) is 12.1 Å². The number of hydrogen-bond acceptors (Lipinski definition) is 5. The van der Waals surface area contributed by atoms with Crippen LogP contribution in [0.2, 0.25) is 0 Å². The molecule has 0 aromatic heterocycles. The Morgan fingerprint density at radius 1 is 0.900 bits per heavy atom. The average Bonchev–Trinajstić information content (AvgIpc) is 3.09. The van der Waals surface area contributed by atoms with Crippen LogP contribution in [0.3, 0.4) is 0 Å². The lowest BCUT2D eigenvalue weighted by atomic mass is 10.1. The first-order valence-electron chi connectivity index (χ1n) is 5.67. The van der Waals surface area contributed by atoms with E-state index in [1.165, 1.54) is 12.1 Å². The van der Waals surface area contributed by atoms with Crippen LogP contribution >= 0.6 is 0 Å². The first kappa shape index (κ1) is 12.3. The van der Waals surface area contributed by atoms with Crippen LogP contribution in [0.1, 0.15) is 20.7 Å². The fraction of sp³-hybridized carbons (Fsp3) is 0.167. The molecule has 2 heterocycles. The minimum atomic E-state index is -1.41. The highest BCUT2D eigenvalue weighted by Gasteiger charge is 2.64. The van der Waals surface area contributed by atoms with Crippen molar-refractivity contribution in [1.29, 1.82) is 0 Å². The number of hydrogen-bond donors (Lipinski definition) is 2. The first-order valence-corrected chi connectivity index (χ1v) is 5.67. The molecular weight excluding hydrogens is 268 g/mol. The maximum Gasteiger partial charge on any atom is 0.325 e. The Kier molecular flexibility index (Phi) is 2.38. The van der Waals surface area contributed by atoms with Crippen LogP contribution in [0.5, 0.6) is 0 Å². The zero-order valence-corrected chi connectivity index (χ0v) is 9.89. The third-order valence-corrected chi connectivity index (χ3v) is 3.29. The second kappa shape index (κ2) is 3.87. The second-order valence-corrected chi connectivity index (χ2v) is 4.41. The van der Waals surface area contributed by atoms with E-state index in [1.807, 2.05) is 0 Å². The topological polar surface area (TPSA) is 115 Å². The van der Waals surface area contributed by atoms with E-state index in [-0.39, 0.29) is 11.1 Å². The summed E-state index contributed by atoms with van der Waals surface area (Å²) >= 11 is 0. The summed E-state index contributed by atoms with van der Waals surface area (Å²) in [4.78, 5) is 46.2. The van der Waals surface area contributed by atoms with E-state index in [1.54, 1.807) is 12.1 Å². The van der Waals surface area contributed by atoms with E-state index in [2.05, 4.69) is 0 Å². The highest BCUT2D eigenvalue weighted by atomic mass is 16.4. The minimum Gasteiger partial charge on any atom is -0.480 e. The maximum absolute atomic E-state index is 12.1. The van der Waals surface area contributed by atoms with Crippen LogP contribution in [0, 0.1) is 0 Å². The fourth-order valence-electron chi connectivity index (χ4n) is 2.35. The van der Waals surface area contributed by atoms with Crippen molar-refractivity contribution >= 4 is 23.8 Å². The third-order valence-electron chi connectivity index (χ3n) is 3.29. The summed E-state index contributed by atoms with van der Waals surface area (Å²) < 4.78 is 0. The van der Waals surface area contributed by atoms with Gasteiger partial charge in [0.1, 0.15) is 0 Å². The van der Waals surface area contributed by atoms with Crippen molar-refractivity contribution in [3.05, 3.63) is 35.4 Å². The Morgan fingerprint density at radius 3 is 1.65 bits per heavy atom. The van der Waals surface area contributed by atoms with Gasteiger partial charge in [-0.25, -0.2) is 0 Å². The predicted octanol–water partition coefficient (Wildman–Crippen LogP) is -0.580. The Balaban J connectivity index is 1.98. The molecule has 2 N–H and O–H groups in total. The molecule has 20 heavy (non-hydrogen) atoms. The molecule has 0 aliphatic carbocycles. The normalized spacial score (nSPS) is 27.4. The fourth-order valence-corrected chi connectivity index (χ4v) is 2.35. The van der Waals surface area contributed by atoms with E-state index in [0.29, 0.717) is 5.01 Å². The van der Waals surface area contributed by atoms with E-state index in [4.69, 9.17) is 10.2 Å². The Hall–Kier alpha value is -2.74. The molecule has 2 aliphatic rings. The van der Waals surface area contributed by atoms with E-state index in [9.17, 15) is 19.2 Å². The lowest BCUT2D eigenvalue weighted by Crippen LogP contribution is -2.38. The molecule has 1 saturated heterocycles. The maximum atomic E-state index is 12.1. The molecule has 102 valence electrons. The minimum absolute atomic E-state index is 0.137. The van der Waals surface area contributed by atoms with Gasteiger partial charge in [0.2, 0.25) is 0 Å². The van der Waals surface area contributed by atoms with Gasteiger partial charge in [0.05, 0.1) is 11.1 Å². The monoisotopic (exact) mass is 276 g/mol. The number of imide groups is 1. The number of hydrazine groups is 1. The predicted molar refractivity (Wildman–Crippen MR) is 61.6 cm³/mol. The van der Waals surface area contributed by atoms with Crippen LogP contribution < -0.4 is 0 Å². The molecule has 8 nitrogen and oxygen atoms in total. The van der Waals surface area contributed by atoms with Crippen molar-refractivity contribution in [3.8, 4) is 0 Å². The summed E-state index contributed by atoms with van der Waals surface area (Å²) in [6.45, 7) is 0. The molecule has 8 heteroatoms. The number of aliphatic carboxylic acids is 2. The smallest absolute Gasteiger partial charge is 0.325 e. The Bertz CT molecular complexity index is 615. The zero-order valence-electron chi connectivity index (χ0n) is 9.89. The Labute approximate surface area is 111 Å². The summed E-state index contributed by atoms with van der Waals surface area (Å²) in [5.41, 5.74) is 0.273. The van der Waals surface area contributed by atoms with Crippen molar-refractivity contribution in [3.63, 3.8) is 0 Å². The lowest BCUT2D eigenvalue weighted by molar-refractivity contribution is -0.140. The molecule has 1 aromatic carbocycles. The SMILES string of the molecule is O=C(O)C1C(C(=O)O)N1N1C(=O)c2ccccc2C1=O. The molecule has 2 atom stereocenters. The molecule has 0 saturated carbocycles. The second-order valence-electron chi connectivity index (χ2n) is 4.41. The quantitative estimate of drug-likeness (QED) is 0.560. The molecule has 2 aliphatic heterocycles. The number of nitrogens with zero attached hydrogens (tertiary/aromatic N) is 2. The van der Waals surface area contributed by atoms with Gasteiger partial charge >= 0.3 is 11.9 Å². The number of fused-ring (bicyclic) bond motifs is 1. The van der Waals surface area contributed by atoms with Gasteiger partial charge < -0.3 is 10.2 Å². The zero-order chi connectivity index (χ0) is 14.6. The largest absolute Gasteiger partial charge is 0.480 e. The molecule has 1 fully saturated rings. The molecule has 0 bridgehead atoms. The van der Waals surface area contributed by atoms with Crippen molar-refractivity contribution in [2.75, 3.05) is 0 Å². The molecular formula is C12H8N2O6. The van der Waals surface area contributed by atoms with Crippen molar-refractivity contribution in [2.24, 2.45) is 0 Å². The highest BCUT2D eigenvalue weighted by molar-refractivity contribution is 6.21. The van der Waals surface area contributed by atoms with Gasteiger partial charge in [-0.15, -0.1) is 0 Å². The van der Waals surface area contributed by atoms with Gasteiger partial charge in [-0.2, -0.15) is 10.0 Å². The van der Waals surface area contributed by atoms with Crippen LogP contribution in [0.15, 0.2) is 24.3 Å². The molecule has 0 spiro atoms. The highest BCUT2D eigenvalue weighted by Crippen LogP contribution is 2.36. The molecule has 2 amide bonds. The standard InChI is InChI=1S/C12H8N2O6/c15-9-5-3-1-2-4-6(5)10(16)14(9)13-7(11(17)18)8(13)12(19)20/h1-4,7-8H,(H,17,18)(H,19,20). The average molecular weight is 276 g/mol. The van der Waals surface area contributed by atoms with E-state index >= 15 is 0 Å². The van der Waals surface area contributed by atoms with Gasteiger partial charge in [0.15, 0.2) is 12.1 Å². The molecule has 1 aromatic rings. The van der Waals surface area contributed by atoms with Gasteiger partial charge in [0.25, 0.3) is 11.8 Å². The van der Waals surface area contributed by atoms with Crippen molar-refractivity contribution < 1.29 is 29.4 Å². The number of rotatable bonds is 3. The number of carboxylic acids is 2. The molecule has 3 rings (SSSR count). The van der Waals surface area contributed by atoms with E-state index < -0.39 is 35.8 Å². The summed E-state index contributed by atoms with van der Waals surface area (Å²) in [6.07, 6.45) is 0. The van der Waals surface area contributed by atoms with Crippen molar-refractivity contribution in [1.82, 2.24) is 10.0 Å². The number of carbonyl (C=O) groups excluding carboxylic acids is 2. The van der Waals surface area contributed by atoms with Gasteiger partial charge in [-0.3, -0.25) is 19.2 Å². The lowest BCUT2D eigenvalue weighted by Gasteiger charge is -2.14. The summed E-state index contributed by atoms with van der Waals surface area (Å²) in [7, 11) is 0. The van der Waals surface area contributed by atoms with Crippen LogP contribution in [-0.4, -0.2) is 56.1 Å². The van der Waals surface area contributed by atoms with E-state index in [0.717, 1.165) is 5.01 Å². The van der Waals surface area contributed by atoms with Crippen LogP contribution in [-0.2, 0) is 9.59 Å². The third kappa shape index (κ3) is 1.45. The van der Waals surface area contributed by atoms with Crippen LogP contribution in [0.25, 0.3) is 0 Å². The summed E-state index contributed by atoms with van der Waals surface area (Å²) in [6, 6.07) is 3.19. The first-order chi connectivity index (χ1) is 9.45. The van der Waals surface area contributed by atoms with Crippen LogP contribution in [0.4, 0.5) is 0 Å². The van der Waals surface area contributed by atoms with Gasteiger partial charge in [-0.1, -0.05) is 12.1 Å².